The van der Waals surface area contributed by atoms with Crippen molar-refractivity contribution < 1.29 is 14.3 Å². The maximum atomic E-state index is 12.0. The van der Waals surface area contributed by atoms with Gasteiger partial charge in [-0.1, -0.05) is 18.2 Å². The zero-order chi connectivity index (χ0) is 14.1. The second-order valence-corrected chi connectivity index (χ2v) is 4.20. The van der Waals surface area contributed by atoms with Crippen LogP contribution >= 0.6 is 12.4 Å². The molecule has 0 aliphatic heterocycles. The van der Waals surface area contributed by atoms with Gasteiger partial charge in [-0.15, -0.1) is 12.4 Å². The first-order valence-electron chi connectivity index (χ1n) is 6.33. The summed E-state index contributed by atoms with van der Waals surface area (Å²) in [7, 11) is 1.31. The number of carbonyl (C=O) groups is 2. The summed E-state index contributed by atoms with van der Waals surface area (Å²) in [6.45, 7) is 0.570. The fourth-order valence-corrected chi connectivity index (χ4v) is 1.72. The molecule has 1 rings (SSSR count). The van der Waals surface area contributed by atoms with Gasteiger partial charge in [-0.25, -0.2) is 4.79 Å². The second kappa shape index (κ2) is 10.2. The Morgan fingerprint density at radius 3 is 2.45 bits per heavy atom. The molecule has 0 fully saturated rings. The molecule has 0 heterocycles. The Morgan fingerprint density at radius 1 is 1.25 bits per heavy atom. The minimum absolute atomic E-state index is 0. The van der Waals surface area contributed by atoms with Gasteiger partial charge in [-0.3, -0.25) is 4.79 Å². The van der Waals surface area contributed by atoms with E-state index < -0.39 is 12.0 Å². The van der Waals surface area contributed by atoms with Gasteiger partial charge in [0.25, 0.3) is 5.91 Å². The van der Waals surface area contributed by atoms with Crippen molar-refractivity contribution in [1.29, 1.82) is 0 Å². The van der Waals surface area contributed by atoms with Crippen LogP contribution in [0.3, 0.4) is 0 Å². The summed E-state index contributed by atoms with van der Waals surface area (Å²) < 4.78 is 4.69. The van der Waals surface area contributed by atoms with Gasteiger partial charge in [0.2, 0.25) is 0 Å². The third-order valence-corrected chi connectivity index (χ3v) is 2.77. The maximum absolute atomic E-state index is 12.0. The summed E-state index contributed by atoms with van der Waals surface area (Å²) in [5.41, 5.74) is 5.94. The molecule has 3 N–H and O–H groups in total. The van der Waals surface area contributed by atoms with E-state index in [1.165, 1.54) is 7.11 Å². The van der Waals surface area contributed by atoms with Crippen LogP contribution in [-0.2, 0) is 9.53 Å². The molecule has 0 aliphatic carbocycles. The van der Waals surface area contributed by atoms with Gasteiger partial charge in [0.05, 0.1) is 7.11 Å². The molecule has 0 aromatic heterocycles. The van der Waals surface area contributed by atoms with E-state index in [0.29, 0.717) is 18.5 Å². The summed E-state index contributed by atoms with van der Waals surface area (Å²) in [6, 6.07) is 8.15. The molecule has 0 spiro atoms. The SMILES string of the molecule is COC(=O)[C@@H](CCCCN)NC(=O)c1ccccc1.Cl. The van der Waals surface area contributed by atoms with E-state index in [-0.39, 0.29) is 18.3 Å². The highest BCUT2D eigenvalue weighted by atomic mass is 35.5. The van der Waals surface area contributed by atoms with E-state index >= 15 is 0 Å². The standard InChI is InChI=1S/C14H20N2O3.ClH/c1-19-14(18)12(9-5-6-10-15)16-13(17)11-7-3-2-4-8-11;/h2-4,7-8,12H,5-6,9-10,15H2,1H3,(H,16,17);1H/t12-;/m1./s1. The quantitative estimate of drug-likeness (QED) is 0.591. The highest BCUT2D eigenvalue weighted by molar-refractivity contribution is 5.96. The van der Waals surface area contributed by atoms with Crippen molar-refractivity contribution in [3.63, 3.8) is 0 Å². The predicted octanol–water partition coefficient (Wildman–Crippen LogP) is 1.51. The maximum Gasteiger partial charge on any atom is 0.328 e. The van der Waals surface area contributed by atoms with Crippen LogP contribution in [0.25, 0.3) is 0 Å². The third kappa shape index (κ3) is 6.04. The lowest BCUT2D eigenvalue weighted by atomic mass is 10.1. The Morgan fingerprint density at radius 2 is 1.90 bits per heavy atom. The topological polar surface area (TPSA) is 81.4 Å². The fraction of sp³-hybridized carbons (Fsp3) is 0.429. The lowest BCUT2D eigenvalue weighted by molar-refractivity contribution is -0.143. The van der Waals surface area contributed by atoms with Crippen molar-refractivity contribution in [3.8, 4) is 0 Å². The molecule has 1 amide bonds. The average molecular weight is 301 g/mol. The smallest absolute Gasteiger partial charge is 0.328 e. The molecule has 0 saturated heterocycles. The van der Waals surface area contributed by atoms with Crippen LogP contribution in [0.4, 0.5) is 0 Å². The molecule has 0 radical (unpaired) electrons. The summed E-state index contributed by atoms with van der Waals surface area (Å²) in [5, 5.41) is 2.69. The van der Waals surface area contributed by atoms with E-state index in [1.54, 1.807) is 24.3 Å². The summed E-state index contributed by atoms with van der Waals surface area (Å²) in [6.07, 6.45) is 2.11. The summed E-state index contributed by atoms with van der Waals surface area (Å²) in [4.78, 5) is 23.6. The number of unbranched alkanes of at least 4 members (excludes halogenated alkanes) is 1. The Labute approximate surface area is 125 Å². The number of esters is 1. The number of rotatable bonds is 7. The number of methoxy groups -OCH3 is 1. The molecule has 20 heavy (non-hydrogen) atoms. The first-order chi connectivity index (χ1) is 9.19. The number of nitrogens with two attached hydrogens (primary N) is 1. The molecule has 0 bridgehead atoms. The van der Waals surface area contributed by atoms with Crippen LogP contribution in [0.15, 0.2) is 30.3 Å². The van der Waals surface area contributed by atoms with Crippen LogP contribution in [0, 0.1) is 0 Å². The molecule has 0 aliphatic rings. The number of hydrogen-bond donors (Lipinski definition) is 2. The number of carbonyl (C=O) groups excluding carboxylic acids is 2. The van der Waals surface area contributed by atoms with E-state index in [0.717, 1.165) is 12.8 Å². The molecule has 6 heteroatoms. The van der Waals surface area contributed by atoms with Gasteiger partial charge in [0.1, 0.15) is 6.04 Å². The zero-order valence-corrected chi connectivity index (χ0v) is 12.3. The lowest BCUT2D eigenvalue weighted by Crippen LogP contribution is -2.41. The monoisotopic (exact) mass is 300 g/mol. The first-order valence-corrected chi connectivity index (χ1v) is 6.33. The minimum Gasteiger partial charge on any atom is -0.467 e. The Kier molecular flexibility index (Phi) is 9.41. The van der Waals surface area contributed by atoms with E-state index in [4.69, 9.17) is 10.5 Å². The number of ether oxygens (including phenoxy) is 1. The molecule has 1 aromatic carbocycles. The minimum atomic E-state index is -0.621. The van der Waals surface area contributed by atoms with Gasteiger partial charge in [0, 0.05) is 5.56 Å². The number of benzene rings is 1. The van der Waals surface area contributed by atoms with E-state index in [2.05, 4.69) is 5.32 Å². The van der Waals surface area contributed by atoms with E-state index in [1.807, 2.05) is 6.07 Å². The molecule has 1 aromatic rings. The van der Waals surface area contributed by atoms with Gasteiger partial charge in [0.15, 0.2) is 0 Å². The third-order valence-electron chi connectivity index (χ3n) is 2.77. The van der Waals surface area contributed by atoms with Crippen molar-refractivity contribution in [1.82, 2.24) is 5.32 Å². The fourth-order valence-electron chi connectivity index (χ4n) is 1.72. The molecule has 1 atom stereocenters. The van der Waals surface area contributed by atoms with E-state index in [9.17, 15) is 9.59 Å². The van der Waals surface area contributed by atoms with Crippen LogP contribution in [0.1, 0.15) is 29.6 Å². The predicted molar refractivity (Wildman–Crippen MR) is 79.9 cm³/mol. The highest BCUT2D eigenvalue weighted by Gasteiger charge is 2.21. The Bertz CT molecular complexity index is 412. The van der Waals surface area contributed by atoms with Crippen molar-refractivity contribution >= 4 is 24.3 Å². The van der Waals surface area contributed by atoms with Crippen molar-refractivity contribution in [2.75, 3.05) is 13.7 Å². The molecular weight excluding hydrogens is 280 g/mol. The summed E-state index contributed by atoms with van der Waals surface area (Å²) >= 11 is 0. The van der Waals surface area contributed by atoms with Crippen molar-refractivity contribution in [3.05, 3.63) is 35.9 Å². The Hall–Kier alpha value is -1.59. The van der Waals surface area contributed by atoms with Crippen LogP contribution in [-0.4, -0.2) is 31.6 Å². The number of halogens is 1. The molecule has 0 saturated carbocycles. The second-order valence-electron chi connectivity index (χ2n) is 4.20. The van der Waals surface area contributed by atoms with Crippen LogP contribution < -0.4 is 11.1 Å². The first kappa shape index (κ1) is 18.4. The van der Waals surface area contributed by atoms with Gasteiger partial charge >= 0.3 is 5.97 Å². The summed E-state index contributed by atoms with van der Waals surface area (Å²) in [5.74, 6) is -0.704. The number of amides is 1. The van der Waals surface area contributed by atoms with Gasteiger partial charge < -0.3 is 15.8 Å². The van der Waals surface area contributed by atoms with Crippen molar-refractivity contribution in [2.24, 2.45) is 5.73 Å². The molecule has 5 nitrogen and oxygen atoms in total. The average Bonchev–Trinajstić information content (AvgIpc) is 2.46. The number of hydrogen-bond acceptors (Lipinski definition) is 4. The lowest BCUT2D eigenvalue weighted by Gasteiger charge is -2.16. The molecular formula is C14H21ClN2O3. The van der Waals surface area contributed by atoms with Gasteiger partial charge in [-0.2, -0.15) is 0 Å². The molecule has 112 valence electrons. The van der Waals surface area contributed by atoms with Gasteiger partial charge in [-0.05, 0) is 37.9 Å². The van der Waals surface area contributed by atoms with Crippen LogP contribution in [0.2, 0.25) is 0 Å². The Balaban J connectivity index is 0.00000361. The van der Waals surface area contributed by atoms with Crippen LogP contribution in [0.5, 0.6) is 0 Å². The zero-order valence-electron chi connectivity index (χ0n) is 11.5. The molecule has 0 unspecified atom stereocenters. The van der Waals surface area contributed by atoms with Crippen molar-refractivity contribution in [2.45, 2.75) is 25.3 Å². The highest BCUT2D eigenvalue weighted by Crippen LogP contribution is 2.05. The largest absolute Gasteiger partial charge is 0.467 e. The normalized spacial score (nSPS) is 11.1. The number of nitrogens with one attached hydrogen (secondary N) is 1.